The summed E-state index contributed by atoms with van der Waals surface area (Å²) < 4.78 is 0. The van der Waals surface area contributed by atoms with E-state index in [-0.39, 0.29) is 11.9 Å². The number of nitrogens with one attached hydrogen (secondary N) is 2. The molecule has 7 nitrogen and oxygen atoms in total. The fourth-order valence-corrected chi connectivity index (χ4v) is 1.34. The van der Waals surface area contributed by atoms with Gasteiger partial charge in [-0.2, -0.15) is 9.97 Å². The van der Waals surface area contributed by atoms with Gasteiger partial charge in [0.2, 0.25) is 11.9 Å². The Bertz CT molecular complexity index is 633. The third kappa shape index (κ3) is 2.70. The minimum atomic E-state index is -0.665. The van der Waals surface area contributed by atoms with Gasteiger partial charge < -0.3 is 5.73 Å². The largest absolute Gasteiger partial charge is 0.369 e. The second-order valence-corrected chi connectivity index (χ2v) is 3.68. The SMILES string of the molecule is Cc1ccc(C(=O)Nc2nc(N)[nH]c(=O)n2)cc1. The lowest BCUT2D eigenvalue weighted by molar-refractivity contribution is 0.102. The van der Waals surface area contributed by atoms with Gasteiger partial charge in [0.15, 0.2) is 0 Å². The third-order valence-corrected chi connectivity index (χ3v) is 2.21. The number of nitrogen functional groups attached to an aromatic ring is 1. The van der Waals surface area contributed by atoms with Gasteiger partial charge in [-0.3, -0.25) is 15.1 Å². The summed E-state index contributed by atoms with van der Waals surface area (Å²) in [5.41, 5.74) is 6.16. The fraction of sp³-hybridized carbons (Fsp3) is 0.0909. The molecule has 0 spiro atoms. The molecule has 1 aromatic carbocycles. The molecule has 0 fully saturated rings. The van der Waals surface area contributed by atoms with Crippen molar-refractivity contribution in [3.63, 3.8) is 0 Å². The van der Waals surface area contributed by atoms with Gasteiger partial charge in [0, 0.05) is 5.56 Å². The lowest BCUT2D eigenvalue weighted by Crippen LogP contribution is -2.21. The van der Waals surface area contributed by atoms with Gasteiger partial charge in [0.1, 0.15) is 0 Å². The van der Waals surface area contributed by atoms with Crippen molar-refractivity contribution in [2.24, 2.45) is 0 Å². The van der Waals surface area contributed by atoms with Crippen LogP contribution < -0.4 is 16.7 Å². The zero-order valence-corrected chi connectivity index (χ0v) is 9.60. The summed E-state index contributed by atoms with van der Waals surface area (Å²) in [6.45, 7) is 1.92. The van der Waals surface area contributed by atoms with Crippen LogP contribution in [0.1, 0.15) is 15.9 Å². The van der Waals surface area contributed by atoms with Crippen LogP contribution in [0, 0.1) is 6.92 Å². The molecule has 0 atom stereocenters. The molecule has 0 aliphatic heterocycles. The highest BCUT2D eigenvalue weighted by Gasteiger charge is 2.08. The molecule has 2 aromatic rings. The number of hydrogen-bond acceptors (Lipinski definition) is 5. The molecule has 0 radical (unpaired) electrons. The number of carbonyl (C=O) groups is 1. The Balaban J connectivity index is 2.21. The van der Waals surface area contributed by atoms with Crippen molar-refractivity contribution < 1.29 is 4.79 Å². The number of rotatable bonds is 2. The number of aryl methyl sites for hydroxylation is 1. The second-order valence-electron chi connectivity index (χ2n) is 3.68. The minimum absolute atomic E-state index is 0.103. The van der Waals surface area contributed by atoms with Gasteiger partial charge in [-0.25, -0.2) is 4.79 Å². The second kappa shape index (κ2) is 4.66. The molecule has 0 saturated carbocycles. The monoisotopic (exact) mass is 245 g/mol. The highest BCUT2D eigenvalue weighted by atomic mass is 16.2. The molecule has 0 saturated heterocycles. The third-order valence-electron chi connectivity index (χ3n) is 2.21. The van der Waals surface area contributed by atoms with E-state index >= 15 is 0 Å². The molecular weight excluding hydrogens is 234 g/mol. The molecule has 92 valence electrons. The van der Waals surface area contributed by atoms with Crippen molar-refractivity contribution in [3.05, 3.63) is 45.9 Å². The zero-order chi connectivity index (χ0) is 13.1. The van der Waals surface area contributed by atoms with E-state index in [1.807, 2.05) is 19.1 Å². The molecule has 0 aliphatic rings. The minimum Gasteiger partial charge on any atom is -0.369 e. The smallest absolute Gasteiger partial charge is 0.350 e. The molecule has 0 unspecified atom stereocenters. The summed E-state index contributed by atoms with van der Waals surface area (Å²) in [7, 11) is 0. The Hall–Kier alpha value is -2.70. The van der Waals surface area contributed by atoms with Crippen LogP contribution in [-0.2, 0) is 0 Å². The van der Waals surface area contributed by atoms with E-state index in [1.54, 1.807) is 12.1 Å². The number of aromatic nitrogens is 3. The number of H-pyrrole nitrogens is 1. The first-order valence-corrected chi connectivity index (χ1v) is 5.16. The first kappa shape index (κ1) is 11.8. The number of carbonyl (C=O) groups excluding carboxylic acids is 1. The number of aromatic amines is 1. The summed E-state index contributed by atoms with van der Waals surface area (Å²) >= 11 is 0. The van der Waals surface area contributed by atoms with Crippen molar-refractivity contribution in [1.29, 1.82) is 0 Å². The number of anilines is 2. The molecule has 4 N–H and O–H groups in total. The van der Waals surface area contributed by atoms with Gasteiger partial charge in [0.05, 0.1) is 0 Å². The normalized spacial score (nSPS) is 10.1. The highest BCUT2D eigenvalue weighted by Crippen LogP contribution is 2.05. The van der Waals surface area contributed by atoms with Crippen LogP contribution >= 0.6 is 0 Å². The van der Waals surface area contributed by atoms with Crippen LogP contribution in [0.25, 0.3) is 0 Å². The molecule has 0 aliphatic carbocycles. The van der Waals surface area contributed by atoms with E-state index in [0.29, 0.717) is 5.56 Å². The van der Waals surface area contributed by atoms with Crippen molar-refractivity contribution in [2.45, 2.75) is 6.92 Å². The molecule has 1 heterocycles. The quantitative estimate of drug-likeness (QED) is 0.704. The van der Waals surface area contributed by atoms with Crippen molar-refractivity contribution >= 4 is 17.8 Å². The van der Waals surface area contributed by atoms with E-state index in [2.05, 4.69) is 20.3 Å². The Labute approximate surface area is 102 Å². The summed E-state index contributed by atoms with van der Waals surface area (Å²) in [5.74, 6) is -0.629. The average Bonchev–Trinajstić information content (AvgIpc) is 2.28. The summed E-state index contributed by atoms with van der Waals surface area (Å²) in [5, 5.41) is 2.40. The van der Waals surface area contributed by atoms with E-state index in [9.17, 15) is 9.59 Å². The zero-order valence-electron chi connectivity index (χ0n) is 9.60. The van der Waals surface area contributed by atoms with Gasteiger partial charge in [-0.15, -0.1) is 0 Å². The van der Waals surface area contributed by atoms with Crippen LogP contribution in [0.2, 0.25) is 0 Å². The Morgan fingerprint density at radius 1 is 1.28 bits per heavy atom. The maximum absolute atomic E-state index is 11.8. The van der Waals surface area contributed by atoms with Crippen LogP contribution in [-0.4, -0.2) is 20.9 Å². The number of amides is 1. The summed E-state index contributed by atoms with van der Waals surface area (Å²) in [6, 6.07) is 6.95. The van der Waals surface area contributed by atoms with Gasteiger partial charge in [0.25, 0.3) is 5.91 Å². The van der Waals surface area contributed by atoms with E-state index < -0.39 is 11.6 Å². The lowest BCUT2D eigenvalue weighted by atomic mass is 10.1. The molecule has 2 rings (SSSR count). The first-order valence-electron chi connectivity index (χ1n) is 5.16. The predicted octanol–water partition coefficient (Wildman–Crippen LogP) is 0.308. The first-order chi connectivity index (χ1) is 8.54. The predicted molar refractivity (Wildman–Crippen MR) is 66.2 cm³/mol. The van der Waals surface area contributed by atoms with Crippen LogP contribution in [0.4, 0.5) is 11.9 Å². The number of benzene rings is 1. The average molecular weight is 245 g/mol. The summed E-state index contributed by atoms with van der Waals surface area (Å²) in [6.07, 6.45) is 0. The number of nitrogens with two attached hydrogens (primary N) is 1. The standard InChI is InChI=1S/C11H11N5O2/c1-6-2-4-7(5-3-6)8(17)13-10-14-9(12)15-11(18)16-10/h2-5H,1H3,(H4,12,13,14,15,16,17,18). The van der Waals surface area contributed by atoms with Crippen molar-refractivity contribution in [1.82, 2.24) is 15.0 Å². The van der Waals surface area contributed by atoms with E-state index in [1.165, 1.54) is 0 Å². The Morgan fingerprint density at radius 3 is 2.56 bits per heavy atom. The Kier molecular flexibility index (Phi) is 3.05. The molecule has 1 amide bonds. The summed E-state index contributed by atoms with van der Waals surface area (Å²) in [4.78, 5) is 32.2. The van der Waals surface area contributed by atoms with Crippen LogP contribution in [0.3, 0.4) is 0 Å². The molecule has 0 bridgehead atoms. The maximum Gasteiger partial charge on any atom is 0.350 e. The van der Waals surface area contributed by atoms with Gasteiger partial charge in [-0.1, -0.05) is 17.7 Å². The molecule has 18 heavy (non-hydrogen) atoms. The van der Waals surface area contributed by atoms with Gasteiger partial charge >= 0.3 is 5.69 Å². The lowest BCUT2D eigenvalue weighted by Gasteiger charge is -2.03. The van der Waals surface area contributed by atoms with Crippen molar-refractivity contribution in [3.8, 4) is 0 Å². The van der Waals surface area contributed by atoms with Gasteiger partial charge in [-0.05, 0) is 19.1 Å². The topological polar surface area (TPSA) is 114 Å². The van der Waals surface area contributed by atoms with Crippen molar-refractivity contribution in [2.75, 3.05) is 11.1 Å². The molecule has 1 aromatic heterocycles. The number of hydrogen-bond donors (Lipinski definition) is 3. The number of nitrogens with zero attached hydrogens (tertiary/aromatic N) is 2. The van der Waals surface area contributed by atoms with Crippen LogP contribution in [0.5, 0.6) is 0 Å². The Morgan fingerprint density at radius 2 is 1.94 bits per heavy atom. The molecule has 7 heteroatoms. The van der Waals surface area contributed by atoms with Crippen LogP contribution in [0.15, 0.2) is 29.1 Å². The highest BCUT2D eigenvalue weighted by molar-refractivity contribution is 6.03. The van der Waals surface area contributed by atoms with E-state index in [4.69, 9.17) is 5.73 Å². The fourth-order valence-electron chi connectivity index (χ4n) is 1.34. The van der Waals surface area contributed by atoms with E-state index in [0.717, 1.165) is 5.56 Å². The maximum atomic E-state index is 11.8. The molecular formula is C11H11N5O2.